The van der Waals surface area contributed by atoms with Gasteiger partial charge in [0.2, 0.25) is 0 Å². The first-order valence-corrected chi connectivity index (χ1v) is 6.60. The molecular formula is C19H31N. The van der Waals surface area contributed by atoms with E-state index in [9.17, 15) is 0 Å². The molecule has 1 heteroatoms. The van der Waals surface area contributed by atoms with Crippen molar-refractivity contribution in [1.82, 2.24) is 4.98 Å². The molecule has 20 heavy (non-hydrogen) atoms. The molecule has 0 fully saturated rings. The molecule has 0 aliphatic carbocycles. The van der Waals surface area contributed by atoms with Gasteiger partial charge in [-0.25, -0.2) is 0 Å². The van der Waals surface area contributed by atoms with E-state index in [0.29, 0.717) is 0 Å². The van der Waals surface area contributed by atoms with Crippen LogP contribution in [-0.2, 0) is 10.8 Å². The maximum absolute atomic E-state index is 4.77. The van der Waals surface area contributed by atoms with Gasteiger partial charge in [-0.3, -0.25) is 4.98 Å². The molecule has 0 unspecified atom stereocenters. The summed E-state index contributed by atoms with van der Waals surface area (Å²) >= 11 is 0. The van der Waals surface area contributed by atoms with Crippen molar-refractivity contribution >= 4 is 10.9 Å². The maximum Gasteiger partial charge on any atom is 0.0705 e. The standard InChI is InChI=1S/C17H23N.2CH4/c1-16(2,3)13-8-9-14-12(11-13)7-10-15(18-14)17(4,5)6;;/h7-11H,1-6H3;2*1H4. The van der Waals surface area contributed by atoms with E-state index in [1.54, 1.807) is 0 Å². The molecule has 1 aromatic heterocycles. The summed E-state index contributed by atoms with van der Waals surface area (Å²) in [5.74, 6) is 0. The average Bonchev–Trinajstić information content (AvgIpc) is 2.25. The SMILES string of the molecule is C.C.CC(C)(C)c1ccc2nc(C(C)(C)C)ccc2c1. The molecule has 2 aromatic rings. The van der Waals surface area contributed by atoms with Crippen LogP contribution in [0, 0.1) is 0 Å². The highest BCUT2D eigenvalue weighted by molar-refractivity contribution is 5.79. The zero-order chi connectivity index (χ0) is 13.6. The molecule has 0 N–H and O–H groups in total. The predicted molar refractivity (Wildman–Crippen MR) is 92.6 cm³/mol. The van der Waals surface area contributed by atoms with Crippen LogP contribution in [0.2, 0.25) is 0 Å². The number of hydrogen-bond donors (Lipinski definition) is 0. The highest BCUT2D eigenvalue weighted by Crippen LogP contribution is 2.27. The fraction of sp³-hybridized carbons (Fsp3) is 0.526. The summed E-state index contributed by atoms with van der Waals surface area (Å²) in [5, 5.41) is 1.23. The molecule has 0 atom stereocenters. The van der Waals surface area contributed by atoms with Crippen molar-refractivity contribution < 1.29 is 0 Å². The Morgan fingerprint density at radius 1 is 0.750 bits per heavy atom. The van der Waals surface area contributed by atoms with Crippen molar-refractivity contribution in [2.45, 2.75) is 67.2 Å². The molecule has 0 radical (unpaired) electrons. The van der Waals surface area contributed by atoms with Crippen LogP contribution in [0.4, 0.5) is 0 Å². The topological polar surface area (TPSA) is 12.9 Å². The summed E-state index contributed by atoms with van der Waals surface area (Å²) in [6.07, 6.45) is 0. The summed E-state index contributed by atoms with van der Waals surface area (Å²) in [6.45, 7) is 13.3. The van der Waals surface area contributed by atoms with Crippen molar-refractivity contribution in [2.24, 2.45) is 0 Å². The minimum Gasteiger partial charge on any atom is -0.252 e. The largest absolute Gasteiger partial charge is 0.252 e. The van der Waals surface area contributed by atoms with Gasteiger partial charge in [0, 0.05) is 16.5 Å². The van der Waals surface area contributed by atoms with Crippen molar-refractivity contribution in [3.63, 3.8) is 0 Å². The van der Waals surface area contributed by atoms with E-state index in [1.165, 1.54) is 10.9 Å². The van der Waals surface area contributed by atoms with Crippen molar-refractivity contribution in [3.8, 4) is 0 Å². The number of hydrogen-bond acceptors (Lipinski definition) is 1. The Morgan fingerprint density at radius 2 is 1.35 bits per heavy atom. The lowest BCUT2D eigenvalue weighted by Crippen LogP contribution is -2.14. The van der Waals surface area contributed by atoms with Crippen LogP contribution in [0.5, 0.6) is 0 Å². The lowest BCUT2D eigenvalue weighted by Gasteiger charge is -2.21. The van der Waals surface area contributed by atoms with Gasteiger partial charge in [0.25, 0.3) is 0 Å². The normalized spacial score (nSPS) is 11.7. The van der Waals surface area contributed by atoms with E-state index in [0.717, 1.165) is 11.2 Å². The van der Waals surface area contributed by atoms with Crippen LogP contribution in [0.1, 0.15) is 67.7 Å². The molecule has 1 nitrogen and oxygen atoms in total. The summed E-state index contributed by atoms with van der Waals surface area (Å²) in [4.78, 5) is 4.77. The van der Waals surface area contributed by atoms with Crippen LogP contribution in [0.15, 0.2) is 30.3 Å². The lowest BCUT2D eigenvalue weighted by atomic mass is 9.86. The summed E-state index contributed by atoms with van der Waals surface area (Å²) in [7, 11) is 0. The van der Waals surface area contributed by atoms with Gasteiger partial charge in [-0.15, -0.1) is 0 Å². The van der Waals surface area contributed by atoms with Gasteiger partial charge in [0.15, 0.2) is 0 Å². The van der Waals surface area contributed by atoms with Crippen molar-refractivity contribution in [1.29, 1.82) is 0 Å². The number of fused-ring (bicyclic) bond motifs is 1. The molecule has 0 aliphatic heterocycles. The first kappa shape index (κ1) is 18.6. The molecule has 112 valence electrons. The number of rotatable bonds is 0. The quantitative estimate of drug-likeness (QED) is 0.565. The number of benzene rings is 1. The summed E-state index contributed by atoms with van der Waals surface area (Å²) < 4.78 is 0. The average molecular weight is 273 g/mol. The molecule has 0 spiro atoms. The zero-order valence-electron chi connectivity index (χ0n) is 12.3. The second-order valence-electron chi connectivity index (χ2n) is 7.10. The molecule has 0 saturated carbocycles. The molecule has 1 aromatic carbocycles. The second-order valence-corrected chi connectivity index (χ2v) is 7.10. The third-order valence-corrected chi connectivity index (χ3v) is 3.32. The predicted octanol–water partition coefficient (Wildman–Crippen LogP) is 6.10. The van der Waals surface area contributed by atoms with Crippen molar-refractivity contribution in [2.75, 3.05) is 0 Å². The van der Waals surface area contributed by atoms with Gasteiger partial charge in [0.05, 0.1) is 5.52 Å². The number of pyridine rings is 1. The van der Waals surface area contributed by atoms with E-state index in [1.807, 2.05) is 0 Å². The van der Waals surface area contributed by atoms with Crippen molar-refractivity contribution in [3.05, 3.63) is 41.6 Å². The van der Waals surface area contributed by atoms with Crippen LogP contribution in [0.25, 0.3) is 10.9 Å². The van der Waals surface area contributed by atoms with E-state index < -0.39 is 0 Å². The second kappa shape index (κ2) is 5.95. The molecular weight excluding hydrogens is 242 g/mol. The molecule has 0 saturated heterocycles. The first-order valence-electron chi connectivity index (χ1n) is 6.60. The third kappa shape index (κ3) is 3.82. The minimum absolute atomic E-state index is 0. The monoisotopic (exact) mass is 273 g/mol. The lowest BCUT2D eigenvalue weighted by molar-refractivity contribution is 0.571. The maximum atomic E-state index is 4.77. The van der Waals surface area contributed by atoms with Gasteiger partial charge in [-0.2, -0.15) is 0 Å². The number of aromatic nitrogens is 1. The molecule has 1 heterocycles. The summed E-state index contributed by atoms with van der Waals surface area (Å²) in [6, 6.07) is 10.9. The van der Waals surface area contributed by atoms with E-state index >= 15 is 0 Å². The molecule has 0 aliphatic rings. The Kier molecular flexibility index (Phi) is 5.54. The first-order chi connectivity index (χ1) is 8.18. The minimum atomic E-state index is 0. The fourth-order valence-electron chi connectivity index (χ4n) is 2.01. The Labute approximate surface area is 125 Å². The summed E-state index contributed by atoms with van der Waals surface area (Å²) in [5.41, 5.74) is 3.91. The van der Waals surface area contributed by atoms with Gasteiger partial charge in [-0.1, -0.05) is 68.5 Å². The van der Waals surface area contributed by atoms with E-state index in [4.69, 9.17) is 4.98 Å². The van der Waals surface area contributed by atoms with Gasteiger partial charge in [0.1, 0.15) is 0 Å². The zero-order valence-corrected chi connectivity index (χ0v) is 12.3. The van der Waals surface area contributed by atoms with Crippen LogP contribution in [-0.4, -0.2) is 4.98 Å². The molecule has 2 rings (SSSR count). The number of nitrogens with zero attached hydrogens (tertiary/aromatic N) is 1. The van der Waals surface area contributed by atoms with Crippen LogP contribution >= 0.6 is 0 Å². The van der Waals surface area contributed by atoms with Gasteiger partial charge >= 0.3 is 0 Å². The third-order valence-electron chi connectivity index (χ3n) is 3.32. The highest BCUT2D eigenvalue weighted by Gasteiger charge is 2.17. The molecule has 0 bridgehead atoms. The van der Waals surface area contributed by atoms with E-state index in [-0.39, 0.29) is 25.7 Å². The Morgan fingerprint density at radius 3 is 1.85 bits per heavy atom. The van der Waals surface area contributed by atoms with E-state index in [2.05, 4.69) is 71.9 Å². The van der Waals surface area contributed by atoms with Crippen LogP contribution < -0.4 is 0 Å². The van der Waals surface area contributed by atoms with Gasteiger partial charge in [-0.05, 0) is 29.2 Å². The van der Waals surface area contributed by atoms with Crippen LogP contribution in [0.3, 0.4) is 0 Å². The molecule has 0 amide bonds. The Balaban J connectivity index is 0.00000180. The Hall–Kier alpha value is -1.37. The fourth-order valence-corrected chi connectivity index (χ4v) is 2.01. The highest BCUT2D eigenvalue weighted by atomic mass is 14.7. The smallest absolute Gasteiger partial charge is 0.0705 e. The Bertz CT molecular complexity index is 515. The van der Waals surface area contributed by atoms with Gasteiger partial charge < -0.3 is 0 Å².